The Morgan fingerprint density at radius 3 is 1.37 bits per heavy atom. The molecule has 4 aliphatic rings. The number of fused-ring (bicyclic) bond motifs is 2. The summed E-state index contributed by atoms with van der Waals surface area (Å²) in [7, 11) is 0. The summed E-state index contributed by atoms with van der Waals surface area (Å²) in [5.74, 6) is -3.03. The topological polar surface area (TPSA) is 199 Å². The van der Waals surface area contributed by atoms with E-state index in [4.69, 9.17) is 9.97 Å². The van der Waals surface area contributed by atoms with Crippen molar-refractivity contribution in [1.29, 1.82) is 0 Å². The molecule has 87 heavy (non-hydrogen) atoms. The Morgan fingerprint density at radius 1 is 0.552 bits per heavy atom. The molecule has 6 N–H and O–H groups in total. The van der Waals surface area contributed by atoms with E-state index in [1.165, 1.54) is 24.3 Å². The Hall–Kier alpha value is -6.88. The van der Waals surface area contributed by atoms with Crippen LogP contribution in [0.25, 0.3) is 22.1 Å². The number of rotatable bonds is 16. The van der Waals surface area contributed by atoms with Gasteiger partial charge >= 0.3 is 6.18 Å². The molecule has 4 aromatic carbocycles. The fourth-order valence-corrected chi connectivity index (χ4v) is 13.0. The van der Waals surface area contributed by atoms with Gasteiger partial charge in [-0.05, 0) is 228 Å². The molecule has 2 saturated heterocycles. The number of carbonyl (C=O) groups is 4. The number of aromatic nitrogens is 4. The molecule has 6 aromatic rings. The highest BCUT2D eigenvalue weighted by Gasteiger charge is 2.44. The number of aliphatic hydroxyl groups is 2. The van der Waals surface area contributed by atoms with Crippen LogP contribution in [0, 0.1) is 41.1 Å². The number of carbonyl (C=O) groups excluding carboxylic acids is 4. The van der Waals surface area contributed by atoms with Crippen molar-refractivity contribution in [3.05, 3.63) is 119 Å². The maximum Gasteiger partial charge on any atom is 0.414 e. The predicted molar refractivity (Wildman–Crippen MR) is 321 cm³/mol. The van der Waals surface area contributed by atoms with Crippen molar-refractivity contribution < 1.29 is 55.7 Å². The van der Waals surface area contributed by atoms with E-state index in [9.17, 15) is 55.7 Å². The first-order valence-corrected chi connectivity index (χ1v) is 30.6. The molecule has 4 fully saturated rings. The molecular formula is C65H82F6N10O6. The summed E-state index contributed by atoms with van der Waals surface area (Å²) in [6, 6.07) is 20.0. The van der Waals surface area contributed by atoms with Gasteiger partial charge in [0.1, 0.15) is 17.5 Å². The maximum atomic E-state index is 13.9. The monoisotopic (exact) mass is 1210 g/mol. The zero-order valence-corrected chi connectivity index (χ0v) is 50.4. The van der Waals surface area contributed by atoms with E-state index in [0.29, 0.717) is 86.7 Å². The van der Waals surface area contributed by atoms with E-state index in [1.807, 2.05) is 81.0 Å². The Morgan fingerprint density at radius 2 is 0.966 bits per heavy atom. The van der Waals surface area contributed by atoms with E-state index < -0.39 is 53.1 Å². The molecule has 1 atom stereocenters. The zero-order valence-electron chi connectivity index (χ0n) is 50.4. The third kappa shape index (κ3) is 16.5. The number of anilines is 2. The number of imidazole rings is 2. The minimum Gasteiger partial charge on any atom is -0.390 e. The van der Waals surface area contributed by atoms with Crippen molar-refractivity contribution in [1.82, 2.24) is 39.5 Å². The van der Waals surface area contributed by atoms with Gasteiger partial charge in [0.15, 0.2) is 6.10 Å². The highest BCUT2D eigenvalue weighted by atomic mass is 19.4. The molecule has 16 nitrogen and oxygen atoms in total. The largest absolute Gasteiger partial charge is 0.414 e. The van der Waals surface area contributed by atoms with Gasteiger partial charge in [-0.1, -0.05) is 12.1 Å². The van der Waals surface area contributed by atoms with E-state index in [0.717, 1.165) is 85.7 Å². The Bertz CT molecular complexity index is 3350. The van der Waals surface area contributed by atoms with E-state index >= 15 is 0 Å². The predicted octanol–water partition coefficient (Wildman–Crippen LogP) is 11.6. The van der Waals surface area contributed by atoms with Crippen molar-refractivity contribution in [2.45, 2.75) is 174 Å². The van der Waals surface area contributed by atoms with E-state index in [2.05, 4.69) is 37.1 Å². The minimum atomic E-state index is -4.61. The molecule has 0 radical (unpaired) electrons. The Balaban J connectivity index is 0.000000208. The van der Waals surface area contributed by atoms with Crippen molar-refractivity contribution in [3.63, 3.8) is 0 Å². The molecule has 2 aliphatic heterocycles. The van der Waals surface area contributed by atoms with Crippen LogP contribution in [0.3, 0.4) is 0 Å². The van der Waals surface area contributed by atoms with Gasteiger partial charge in [-0.15, -0.1) is 0 Å². The van der Waals surface area contributed by atoms with E-state index in [1.54, 1.807) is 0 Å². The first kappa shape index (κ1) is 64.6. The van der Waals surface area contributed by atoms with Crippen LogP contribution in [0.15, 0.2) is 78.9 Å². The SMILES string of the molecule is CC(C)NC(=O)C1CCC(n2c(NC(=O)c3cc(F)cc(F)c3)nc3ccc(CN4CCC(C(C)(C)O)CC4)cc32)CC1.CC(C)NC(=O)C1CCC(n2c(NC(=O)c3ccc(F)cc3)nc3ccc(CN4CCC(C(O)C(F)(F)F)CC4)cc32)CC1. The average Bonchev–Trinajstić information content (AvgIpc) is 2.37. The lowest BCUT2D eigenvalue weighted by Gasteiger charge is -2.37. The summed E-state index contributed by atoms with van der Waals surface area (Å²) in [6.45, 7) is 15.5. The summed E-state index contributed by atoms with van der Waals surface area (Å²) >= 11 is 0. The van der Waals surface area contributed by atoms with Crippen molar-refractivity contribution in [3.8, 4) is 0 Å². The van der Waals surface area contributed by atoms with Gasteiger partial charge in [0.25, 0.3) is 11.8 Å². The number of likely N-dealkylation sites (tertiary alicyclic amines) is 2. The molecule has 0 bridgehead atoms. The second-order valence-electron chi connectivity index (χ2n) is 25.5. The number of piperidine rings is 2. The molecule has 2 aliphatic carbocycles. The van der Waals surface area contributed by atoms with Crippen molar-refractivity contribution in [2.24, 2.45) is 23.7 Å². The van der Waals surface area contributed by atoms with Crippen LogP contribution in [0.1, 0.15) is 163 Å². The lowest BCUT2D eigenvalue weighted by molar-refractivity contribution is -0.223. The first-order chi connectivity index (χ1) is 41.3. The quantitative estimate of drug-likeness (QED) is 0.0507. The molecule has 22 heteroatoms. The smallest absolute Gasteiger partial charge is 0.390 e. The van der Waals surface area contributed by atoms with Gasteiger partial charge in [-0.25, -0.2) is 23.1 Å². The fourth-order valence-electron chi connectivity index (χ4n) is 13.0. The number of hydrogen-bond donors (Lipinski definition) is 6. The normalized spacial score (nSPS) is 20.7. The molecule has 1 unspecified atom stereocenters. The summed E-state index contributed by atoms with van der Waals surface area (Å²) in [5, 5.41) is 31.8. The number of alkyl halides is 3. The van der Waals surface area contributed by atoms with Crippen molar-refractivity contribution in [2.75, 3.05) is 36.8 Å². The van der Waals surface area contributed by atoms with Gasteiger partial charge in [-0.3, -0.25) is 39.6 Å². The Labute approximate surface area is 503 Å². The highest BCUT2D eigenvalue weighted by molar-refractivity contribution is 6.05. The second kappa shape index (κ2) is 27.7. The molecule has 2 aromatic heterocycles. The van der Waals surface area contributed by atoms with Crippen LogP contribution < -0.4 is 21.3 Å². The number of nitrogens with zero attached hydrogens (tertiary/aromatic N) is 6. The third-order valence-electron chi connectivity index (χ3n) is 17.7. The zero-order chi connectivity index (χ0) is 62.5. The van der Waals surface area contributed by atoms with Crippen LogP contribution >= 0.6 is 0 Å². The summed E-state index contributed by atoms with van der Waals surface area (Å²) in [5.41, 5.74) is 4.64. The molecular weight excluding hydrogens is 1130 g/mol. The third-order valence-corrected chi connectivity index (χ3v) is 17.7. The van der Waals surface area contributed by atoms with Crippen LogP contribution in [0.2, 0.25) is 0 Å². The standard InChI is InChI=1S/C33H43F2N5O3.C32H39F4N5O3/c1-20(2)36-30(41)22-6-8-27(9-7-22)40-29-15-21(19-39-13-11-24(12-14-39)33(3,4)43)5-10-28(29)37-32(40)38-31(42)23-16-25(34)18-26(35)17-23;1-19(2)37-29(43)23-6-10-25(11-7-23)41-27-17-20(18-40-15-13-21(14-16-40)28(42)32(34,35)36)3-12-26(27)38-31(41)39-30(44)22-4-8-24(33)9-5-22/h5,10,15-18,20,22,24,27,43H,6-9,11-14,19H2,1-4H3,(H,36,41)(H,37,38,42);3-5,8-9,12,17,19,21,23,25,28,42H,6-7,10-11,13-16,18H2,1-2H3,(H,37,43)(H,38,39,44). The molecule has 4 amide bonds. The van der Waals surface area contributed by atoms with E-state index in [-0.39, 0.29) is 72.1 Å². The van der Waals surface area contributed by atoms with Crippen LogP contribution in [-0.4, -0.2) is 119 Å². The molecule has 4 heterocycles. The number of benzene rings is 4. The number of nitrogens with one attached hydrogen (secondary N) is 4. The van der Waals surface area contributed by atoms with Crippen LogP contribution in [0.5, 0.6) is 0 Å². The molecule has 10 rings (SSSR count). The lowest BCUT2D eigenvalue weighted by Crippen LogP contribution is -2.43. The minimum absolute atomic E-state index is 0.00886. The van der Waals surface area contributed by atoms with Gasteiger partial charge < -0.3 is 30.0 Å². The maximum absolute atomic E-state index is 13.9. The summed E-state index contributed by atoms with van der Waals surface area (Å²) < 4.78 is 84.2. The van der Waals surface area contributed by atoms with Crippen LogP contribution in [0.4, 0.5) is 38.2 Å². The highest BCUT2D eigenvalue weighted by Crippen LogP contribution is 2.40. The summed E-state index contributed by atoms with van der Waals surface area (Å²) in [6.07, 6.45) is 1.15. The van der Waals surface area contributed by atoms with Gasteiger partial charge in [0.05, 0.1) is 27.7 Å². The first-order valence-electron chi connectivity index (χ1n) is 30.6. The van der Waals surface area contributed by atoms with Crippen molar-refractivity contribution >= 4 is 57.6 Å². The molecule has 0 spiro atoms. The molecule has 470 valence electrons. The number of halogens is 6. The molecule has 2 saturated carbocycles. The fraction of sp³-hybridized carbons (Fsp3) is 0.538. The Kier molecular flexibility index (Phi) is 20.5. The average molecular weight is 1210 g/mol. The van der Waals surface area contributed by atoms with Crippen LogP contribution in [-0.2, 0) is 22.7 Å². The number of aliphatic hydroxyl groups excluding tert-OH is 1. The second-order valence-corrected chi connectivity index (χ2v) is 25.5. The number of hydrogen-bond acceptors (Lipinski definition) is 10. The van der Waals surface area contributed by atoms with Gasteiger partial charge in [0, 0.05) is 66.3 Å². The summed E-state index contributed by atoms with van der Waals surface area (Å²) in [4.78, 5) is 65.5. The number of amides is 4. The van der Waals surface area contributed by atoms with Gasteiger partial charge in [-0.2, -0.15) is 13.2 Å². The van der Waals surface area contributed by atoms with Gasteiger partial charge in [0.2, 0.25) is 23.7 Å². The lowest BCUT2D eigenvalue weighted by atomic mass is 9.83.